The molecule has 0 amide bonds. The summed E-state index contributed by atoms with van der Waals surface area (Å²) in [6.07, 6.45) is 1.52. The Morgan fingerprint density at radius 1 is 0.878 bits per heavy atom. The molecule has 6 N–H and O–H groups in total. The van der Waals surface area contributed by atoms with Gasteiger partial charge in [-0.3, -0.25) is 0 Å². The van der Waals surface area contributed by atoms with E-state index in [1.54, 1.807) is 12.1 Å². The van der Waals surface area contributed by atoms with Crippen molar-refractivity contribution in [2.75, 3.05) is 6.61 Å². The van der Waals surface area contributed by atoms with Gasteiger partial charge in [-0.25, -0.2) is 4.79 Å². The van der Waals surface area contributed by atoms with Crippen molar-refractivity contribution in [2.45, 2.75) is 109 Å². The molecule has 0 bridgehead atoms. The van der Waals surface area contributed by atoms with Crippen LogP contribution in [0.1, 0.15) is 86.7 Å². The zero-order valence-corrected chi connectivity index (χ0v) is 23.9. The zero-order valence-electron chi connectivity index (χ0n) is 23.9. The van der Waals surface area contributed by atoms with E-state index in [4.69, 9.17) is 14.2 Å². The van der Waals surface area contributed by atoms with Crippen molar-refractivity contribution in [2.24, 2.45) is 0 Å². The van der Waals surface area contributed by atoms with Gasteiger partial charge in [-0.15, -0.1) is 0 Å². The summed E-state index contributed by atoms with van der Waals surface area (Å²) in [5.41, 5.74) is 1.29. The fourth-order valence-corrected chi connectivity index (χ4v) is 5.00. The minimum absolute atomic E-state index is 0.00332. The zero-order chi connectivity index (χ0) is 29.9. The number of ether oxygens (including phenoxy) is 3. The summed E-state index contributed by atoms with van der Waals surface area (Å²) < 4.78 is 17.0. The summed E-state index contributed by atoms with van der Waals surface area (Å²) in [5, 5.41) is 60.8. The Bertz CT molecular complexity index is 1120. The molecule has 2 aromatic carbocycles. The molecule has 0 saturated carbocycles. The molecule has 228 valence electrons. The predicted molar refractivity (Wildman–Crippen MR) is 151 cm³/mol. The maximum atomic E-state index is 13.6. The van der Waals surface area contributed by atoms with E-state index >= 15 is 0 Å². The van der Waals surface area contributed by atoms with Crippen LogP contribution in [-0.2, 0) is 17.6 Å². The number of esters is 1. The highest BCUT2D eigenvalue weighted by molar-refractivity contribution is 5.96. The fraction of sp³-hybridized carbons (Fsp3) is 0.581. The van der Waals surface area contributed by atoms with E-state index in [1.807, 2.05) is 0 Å². The number of aliphatic hydroxyl groups excluding tert-OH is 4. The normalized spacial score (nSPS) is 21.1. The third kappa shape index (κ3) is 9.05. The maximum Gasteiger partial charge on any atom is 0.347 e. The number of unbranched alkanes of at least 4 members (excludes halogenated alkanes) is 6. The Kier molecular flexibility index (Phi) is 12.7. The monoisotopic (exact) mass is 576 g/mol. The molecule has 10 heteroatoms. The van der Waals surface area contributed by atoms with E-state index in [9.17, 15) is 35.4 Å². The lowest BCUT2D eigenvalue weighted by Crippen LogP contribution is -2.40. The molecule has 0 aliphatic carbocycles. The Labute approximate surface area is 241 Å². The largest absolute Gasteiger partial charge is 0.508 e. The second kappa shape index (κ2) is 15.9. The molecule has 5 atom stereocenters. The minimum Gasteiger partial charge on any atom is -0.508 e. The second-order valence-electron chi connectivity index (χ2n) is 10.6. The lowest BCUT2D eigenvalue weighted by Gasteiger charge is -2.21. The van der Waals surface area contributed by atoms with Crippen LogP contribution in [0.3, 0.4) is 0 Å². The number of phenolic OH excluding ortho intramolecular Hbond substituents is 2. The van der Waals surface area contributed by atoms with Crippen LogP contribution in [0.5, 0.6) is 23.0 Å². The van der Waals surface area contributed by atoms with Crippen LogP contribution >= 0.6 is 0 Å². The van der Waals surface area contributed by atoms with Crippen LogP contribution in [0.2, 0.25) is 0 Å². The van der Waals surface area contributed by atoms with Gasteiger partial charge in [0.25, 0.3) is 0 Å². The molecule has 1 aliphatic rings. The number of aromatic hydroxyl groups is 2. The first-order valence-corrected chi connectivity index (χ1v) is 14.6. The lowest BCUT2D eigenvalue weighted by molar-refractivity contribution is -0.137. The molecule has 2 aromatic rings. The first-order chi connectivity index (χ1) is 19.7. The van der Waals surface area contributed by atoms with E-state index in [0.717, 1.165) is 63.4 Å². The topological polar surface area (TPSA) is 166 Å². The quantitative estimate of drug-likeness (QED) is 0.0984. The van der Waals surface area contributed by atoms with Crippen molar-refractivity contribution in [3.63, 3.8) is 0 Å². The van der Waals surface area contributed by atoms with Crippen molar-refractivity contribution in [3.05, 3.63) is 47.0 Å². The number of hydrogen-bond donors (Lipinski definition) is 6. The van der Waals surface area contributed by atoms with E-state index in [1.165, 1.54) is 18.2 Å². The molecule has 1 heterocycles. The van der Waals surface area contributed by atoms with Crippen LogP contribution in [0.4, 0.5) is 0 Å². The highest BCUT2D eigenvalue weighted by Gasteiger charge is 2.47. The Hall–Kier alpha value is -2.89. The first kappa shape index (κ1) is 32.6. The molecular formula is C31H44O10. The summed E-state index contributed by atoms with van der Waals surface area (Å²) in [5.74, 6) is -1.01. The summed E-state index contributed by atoms with van der Waals surface area (Å²) >= 11 is 0. The fourth-order valence-electron chi connectivity index (χ4n) is 5.00. The highest BCUT2D eigenvalue weighted by Crippen LogP contribution is 2.35. The maximum absolute atomic E-state index is 13.6. The van der Waals surface area contributed by atoms with Gasteiger partial charge in [0.2, 0.25) is 6.29 Å². The van der Waals surface area contributed by atoms with Crippen molar-refractivity contribution >= 4 is 5.97 Å². The molecule has 1 saturated heterocycles. The number of carbonyl (C=O) groups excluding carboxylic acids is 1. The van der Waals surface area contributed by atoms with Crippen LogP contribution < -0.4 is 9.47 Å². The molecule has 1 fully saturated rings. The van der Waals surface area contributed by atoms with Crippen LogP contribution in [0.25, 0.3) is 0 Å². The number of hydrogen-bond acceptors (Lipinski definition) is 10. The van der Waals surface area contributed by atoms with Crippen molar-refractivity contribution in [1.29, 1.82) is 0 Å². The Balaban J connectivity index is 1.90. The molecule has 1 aliphatic heterocycles. The van der Waals surface area contributed by atoms with Crippen LogP contribution in [-0.4, -0.2) is 73.9 Å². The molecule has 10 nitrogen and oxygen atoms in total. The van der Waals surface area contributed by atoms with Gasteiger partial charge in [-0.1, -0.05) is 52.4 Å². The molecule has 0 spiro atoms. The summed E-state index contributed by atoms with van der Waals surface area (Å²) in [7, 11) is 0. The number of benzene rings is 2. The van der Waals surface area contributed by atoms with Gasteiger partial charge in [0, 0.05) is 12.1 Å². The summed E-state index contributed by atoms with van der Waals surface area (Å²) in [4.78, 5) is 13.6. The first-order valence-electron chi connectivity index (χ1n) is 14.6. The number of rotatable bonds is 16. The number of phenols is 2. The molecule has 41 heavy (non-hydrogen) atoms. The number of aliphatic hydroxyl groups is 4. The van der Waals surface area contributed by atoms with Gasteiger partial charge in [-0.05, 0) is 55.0 Å². The average molecular weight is 577 g/mol. The molecule has 0 unspecified atom stereocenters. The standard InChI is InChI=1S/C31H44O10/c1-3-5-7-9-11-19-13-21(33)16-23(14-19)39-30(38)26-20(12-10-8-6-4-2)15-22(34)17-25(26)40-31-28(37)27(36)29(41-31)24(35)18-32/h13-17,24,27-29,31-37H,3-12,18H2,1-2H3/t24-,27-,28-,29+,31-/m1/s1. The van der Waals surface area contributed by atoms with Gasteiger partial charge in [0.05, 0.1) is 6.61 Å². The Morgan fingerprint density at radius 2 is 1.54 bits per heavy atom. The van der Waals surface area contributed by atoms with E-state index in [2.05, 4.69) is 13.8 Å². The van der Waals surface area contributed by atoms with Crippen molar-refractivity contribution in [1.82, 2.24) is 0 Å². The predicted octanol–water partition coefficient (Wildman–Crippen LogP) is 3.74. The smallest absolute Gasteiger partial charge is 0.347 e. The number of aryl methyl sites for hydroxylation is 2. The third-order valence-electron chi connectivity index (χ3n) is 7.22. The SMILES string of the molecule is CCCCCCc1cc(O)cc(OC(=O)c2c(CCCCCC)cc(O)cc2O[C@@H]2O[C@@H]([C@H](O)CO)[C@H](O)[C@H]2O)c1. The van der Waals surface area contributed by atoms with Gasteiger partial charge in [-0.2, -0.15) is 0 Å². The van der Waals surface area contributed by atoms with Crippen molar-refractivity contribution < 1.29 is 49.6 Å². The van der Waals surface area contributed by atoms with Crippen molar-refractivity contribution in [3.8, 4) is 23.0 Å². The van der Waals surface area contributed by atoms with Gasteiger partial charge < -0.3 is 44.8 Å². The molecule has 0 radical (unpaired) electrons. The van der Waals surface area contributed by atoms with E-state index < -0.39 is 43.3 Å². The van der Waals surface area contributed by atoms with Gasteiger partial charge >= 0.3 is 5.97 Å². The second-order valence-corrected chi connectivity index (χ2v) is 10.6. The highest BCUT2D eigenvalue weighted by atomic mass is 16.7. The van der Waals surface area contributed by atoms with Crippen LogP contribution in [0.15, 0.2) is 30.3 Å². The third-order valence-corrected chi connectivity index (χ3v) is 7.22. The van der Waals surface area contributed by atoms with E-state index in [-0.39, 0.29) is 28.6 Å². The van der Waals surface area contributed by atoms with Gasteiger partial charge in [0.15, 0.2) is 0 Å². The van der Waals surface area contributed by atoms with Gasteiger partial charge in [0.1, 0.15) is 53.0 Å². The number of carbonyl (C=O) groups is 1. The summed E-state index contributed by atoms with van der Waals surface area (Å²) in [6, 6.07) is 7.32. The molecular weight excluding hydrogens is 532 g/mol. The minimum atomic E-state index is -1.61. The average Bonchev–Trinajstić information content (AvgIpc) is 3.21. The van der Waals surface area contributed by atoms with E-state index in [0.29, 0.717) is 12.0 Å². The summed E-state index contributed by atoms with van der Waals surface area (Å²) in [6.45, 7) is 3.50. The molecule has 3 rings (SSSR count). The molecule has 0 aromatic heterocycles. The van der Waals surface area contributed by atoms with Crippen LogP contribution in [0, 0.1) is 0 Å². The lowest BCUT2D eigenvalue weighted by atomic mass is 9.99. The Morgan fingerprint density at radius 3 is 2.20 bits per heavy atom.